The van der Waals surface area contributed by atoms with E-state index in [4.69, 9.17) is 18.9 Å². The van der Waals surface area contributed by atoms with Crippen LogP contribution in [0.4, 0.5) is 0 Å². The van der Waals surface area contributed by atoms with Crippen molar-refractivity contribution in [3.8, 4) is 0 Å². The fraction of sp³-hybridized carbons (Fsp3) is 0.840. The number of methoxy groups -OCH3 is 2. The van der Waals surface area contributed by atoms with Crippen molar-refractivity contribution >= 4 is 11.7 Å². The van der Waals surface area contributed by atoms with Crippen molar-refractivity contribution in [2.45, 2.75) is 103 Å². The molecule has 8 heteroatoms. The summed E-state index contributed by atoms with van der Waals surface area (Å²) in [7, 11) is 3.20. The van der Waals surface area contributed by atoms with Gasteiger partial charge in [0, 0.05) is 44.8 Å². The molecule has 0 spiro atoms. The smallest absolute Gasteiger partial charge is 0.252 e. The number of hydrogen-bond donors (Lipinski definition) is 2. The highest BCUT2D eigenvalue weighted by Crippen LogP contribution is 2.39. The molecule has 2 fully saturated rings. The number of Topliss-reactive ketones (excluding diaryl/α,β-unsaturated/α-hetero) is 1. The van der Waals surface area contributed by atoms with Gasteiger partial charge in [-0.1, -0.05) is 32.9 Å². The molecule has 8 atom stereocenters. The maximum Gasteiger partial charge on any atom is 0.252 e. The lowest BCUT2D eigenvalue weighted by molar-refractivity contribution is -0.181. The number of aliphatic hydroxyl groups is 1. The fourth-order valence-corrected chi connectivity index (χ4v) is 4.70. The lowest BCUT2D eigenvalue weighted by Gasteiger charge is -2.45. The maximum absolute atomic E-state index is 12.9. The van der Waals surface area contributed by atoms with Gasteiger partial charge in [0.15, 0.2) is 6.10 Å². The molecule has 0 aromatic carbocycles. The lowest BCUT2D eigenvalue weighted by atomic mass is 9.75. The first-order chi connectivity index (χ1) is 15.3. The van der Waals surface area contributed by atoms with Crippen molar-refractivity contribution in [1.82, 2.24) is 5.32 Å². The van der Waals surface area contributed by atoms with Gasteiger partial charge in [-0.15, -0.1) is 0 Å². The first-order valence-corrected chi connectivity index (χ1v) is 11.8. The molecule has 2 saturated heterocycles. The highest BCUT2D eigenvalue weighted by atomic mass is 16.5. The fourth-order valence-electron chi connectivity index (χ4n) is 4.70. The van der Waals surface area contributed by atoms with Crippen LogP contribution in [0.2, 0.25) is 0 Å². The molecule has 2 heterocycles. The van der Waals surface area contributed by atoms with E-state index < -0.39 is 41.3 Å². The molecule has 0 aromatic heterocycles. The highest BCUT2D eigenvalue weighted by molar-refractivity contribution is 5.86. The Morgan fingerprint density at radius 1 is 1.30 bits per heavy atom. The van der Waals surface area contributed by atoms with E-state index in [1.165, 1.54) is 0 Å². The Morgan fingerprint density at radius 3 is 2.48 bits per heavy atom. The van der Waals surface area contributed by atoms with Crippen molar-refractivity contribution < 1.29 is 33.6 Å². The Balaban J connectivity index is 2.07. The molecular weight excluding hydrogens is 426 g/mol. The summed E-state index contributed by atoms with van der Waals surface area (Å²) in [5.41, 5.74) is -0.793. The number of hydrogen-bond acceptors (Lipinski definition) is 7. The second kappa shape index (κ2) is 11.0. The van der Waals surface area contributed by atoms with E-state index in [1.807, 2.05) is 27.7 Å². The van der Waals surface area contributed by atoms with Gasteiger partial charge in [-0.3, -0.25) is 9.59 Å². The molecule has 2 aliphatic heterocycles. The first-order valence-electron chi connectivity index (χ1n) is 11.8. The standard InChI is InChI=1S/C25H43NO7/c1-14-12-25(7,33-17(4)15(14)2)22(28)23(29)26-16(3)19-11-20(27)24(5,6)21(32-19)10-18(31-9)13-30-8/h15-19,21-22,28H,1,10-13H2,2-9H3,(H,26,29)/t15-,16+,17-,18+,19+,21-,22-,25-/m1/s1. The SMILES string of the molecule is C=C1C[C@](C)([C@H](O)C(=O)N[C@@H](C)[C@@H]2CC(=O)C(C)(C)[C@@H](C[C@@H](COC)OC)O2)O[C@H](C)[C@@H]1C. The predicted octanol–water partition coefficient (Wildman–Crippen LogP) is 2.42. The van der Waals surface area contributed by atoms with Gasteiger partial charge in [-0.05, 0) is 20.8 Å². The summed E-state index contributed by atoms with van der Waals surface area (Å²) in [4.78, 5) is 25.9. The molecule has 190 valence electrons. The molecule has 2 N–H and O–H groups in total. The van der Waals surface area contributed by atoms with Gasteiger partial charge in [0.05, 0.1) is 37.1 Å². The molecule has 0 aromatic rings. The van der Waals surface area contributed by atoms with Crippen molar-refractivity contribution in [2.24, 2.45) is 11.3 Å². The largest absolute Gasteiger partial charge is 0.382 e. The number of nitrogens with one attached hydrogen (secondary N) is 1. The second-order valence-electron chi connectivity index (χ2n) is 10.5. The van der Waals surface area contributed by atoms with Crippen molar-refractivity contribution in [1.29, 1.82) is 0 Å². The van der Waals surface area contributed by atoms with Gasteiger partial charge in [-0.25, -0.2) is 0 Å². The van der Waals surface area contributed by atoms with E-state index in [1.54, 1.807) is 28.1 Å². The van der Waals surface area contributed by atoms with E-state index in [2.05, 4.69) is 11.9 Å². The van der Waals surface area contributed by atoms with Gasteiger partial charge in [-0.2, -0.15) is 0 Å². The summed E-state index contributed by atoms with van der Waals surface area (Å²) in [5.74, 6) is -0.325. The van der Waals surface area contributed by atoms with Crippen LogP contribution in [0.3, 0.4) is 0 Å². The summed E-state index contributed by atoms with van der Waals surface area (Å²) in [5, 5.41) is 13.7. The van der Waals surface area contributed by atoms with Gasteiger partial charge >= 0.3 is 0 Å². The average molecular weight is 470 g/mol. The first kappa shape index (κ1) is 27.9. The van der Waals surface area contributed by atoms with Crippen molar-refractivity contribution in [3.05, 3.63) is 12.2 Å². The third-order valence-corrected chi connectivity index (χ3v) is 7.55. The zero-order valence-electron chi connectivity index (χ0n) is 21.5. The van der Waals surface area contributed by atoms with Crippen LogP contribution in [0.1, 0.15) is 60.8 Å². The monoisotopic (exact) mass is 469 g/mol. The molecule has 33 heavy (non-hydrogen) atoms. The van der Waals surface area contributed by atoms with Crippen LogP contribution < -0.4 is 5.32 Å². The number of rotatable bonds is 9. The molecular formula is C25H43NO7. The lowest BCUT2D eigenvalue weighted by Crippen LogP contribution is -2.59. The van der Waals surface area contributed by atoms with Crippen molar-refractivity contribution in [3.63, 3.8) is 0 Å². The van der Waals surface area contributed by atoms with Crippen LogP contribution in [0, 0.1) is 11.3 Å². The molecule has 0 saturated carbocycles. The molecule has 0 radical (unpaired) electrons. The van der Waals surface area contributed by atoms with Gasteiger partial charge < -0.3 is 29.4 Å². The average Bonchev–Trinajstić information content (AvgIpc) is 2.73. The predicted molar refractivity (Wildman–Crippen MR) is 125 cm³/mol. The van der Waals surface area contributed by atoms with E-state index in [-0.39, 0.29) is 30.3 Å². The minimum absolute atomic E-state index is 0.0688. The number of carbonyl (C=O) groups is 2. The summed E-state index contributed by atoms with van der Waals surface area (Å²) in [6.07, 6.45) is -1.57. The van der Waals surface area contributed by atoms with Crippen LogP contribution >= 0.6 is 0 Å². The van der Waals surface area contributed by atoms with Crippen LogP contribution in [0.25, 0.3) is 0 Å². The molecule has 0 aliphatic carbocycles. The number of ether oxygens (including phenoxy) is 4. The number of carbonyl (C=O) groups excluding carboxylic acids is 2. The maximum atomic E-state index is 12.9. The summed E-state index contributed by atoms with van der Waals surface area (Å²) in [6, 6.07) is -0.482. The van der Waals surface area contributed by atoms with Gasteiger partial charge in [0.1, 0.15) is 11.4 Å². The molecule has 0 unspecified atom stereocenters. The number of amides is 1. The Morgan fingerprint density at radius 2 is 1.94 bits per heavy atom. The van der Waals surface area contributed by atoms with Crippen LogP contribution in [-0.2, 0) is 28.5 Å². The Labute approximate surface area is 198 Å². The number of ketones is 1. The third kappa shape index (κ3) is 6.22. The van der Waals surface area contributed by atoms with Gasteiger partial charge in [0.2, 0.25) is 0 Å². The Bertz CT molecular complexity index is 724. The summed E-state index contributed by atoms with van der Waals surface area (Å²) < 4.78 is 23.0. The minimum atomic E-state index is -1.38. The van der Waals surface area contributed by atoms with Crippen molar-refractivity contribution in [2.75, 3.05) is 20.8 Å². The van der Waals surface area contributed by atoms with Crippen LogP contribution in [0.15, 0.2) is 12.2 Å². The third-order valence-electron chi connectivity index (χ3n) is 7.55. The second-order valence-corrected chi connectivity index (χ2v) is 10.5. The molecule has 8 nitrogen and oxygen atoms in total. The van der Waals surface area contributed by atoms with Gasteiger partial charge in [0.25, 0.3) is 5.91 Å². The zero-order valence-corrected chi connectivity index (χ0v) is 21.5. The summed E-state index contributed by atoms with van der Waals surface area (Å²) >= 11 is 0. The zero-order chi connectivity index (χ0) is 25.1. The van der Waals surface area contributed by atoms with E-state index >= 15 is 0 Å². The normalized spacial score (nSPS) is 35.1. The number of aliphatic hydroxyl groups excluding tert-OH is 1. The van der Waals surface area contributed by atoms with Crippen LogP contribution in [0.5, 0.6) is 0 Å². The van der Waals surface area contributed by atoms with Crippen LogP contribution in [-0.4, -0.2) is 79.8 Å². The van der Waals surface area contributed by atoms with E-state index in [0.29, 0.717) is 19.4 Å². The topological polar surface area (TPSA) is 103 Å². The summed E-state index contributed by atoms with van der Waals surface area (Å²) in [6.45, 7) is 15.7. The van der Waals surface area contributed by atoms with E-state index in [0.717, 1.165) is 5.57 Å². The molecule has 2 aliphatic rings. The molecule has 1 amide bonds. The quantitative estimate of drug-likeness (QED) is 0.500. The Hall–Kier alpha value is -1.32. The highest BCUT2D eigenvalue weighted by Gasteiger charge is 2.48. The molecule has 2 rings (SSSR count). The Kier molecular flexibility index (Phi) is 9.26. The minimum Gasteiger partial charge on any atom is -0.382 e. The molecule has 0 bridgehead atoms. The van der Waals surface area contributed by atoms with E-state index in [9.17, 15) is 14.7 Å².